The predicted molar refractivity (Wildman–Crippen MR) is 66.5 cm³/mol. The average Bonchev–Trinajstić information content (AvgIpc) is 2.26. The standard InChI is InChI=1S/C12H26N2O2/c1-4-9-14(10-6-8-13-3)11-7-12(15)16-5-2/h13H,4-11H2,1-3H3. The van der Waals surface area contributed by atoms with E-state index in [1.807, 2.05) is 14.0 Å². The minimum Gasteiger partial charge on any atom is -0.466 e. The van der Waals surface area contributed by atoms with E-state index in [1.165, 1.54) is 0 Å². The second kappa shape index (κ2) is 10.9. The van der Waals surface area contributed by atoms with Gasteiger partial charge in [-0.1, -0.05) is 6.92 Å². The fraction of sp³-hybridized carbons (Fsp3) is 0.917. The van der Waals surface area contributed by atoms with Crippen molar-refractivity contribution in [1.29, 1.82) is 0 Å². The van der Waals surface area contributed by atoms with E-state index in [1.54, 1.807) is 0 Å². The summed E-state index contributed by atoms with van der Waals surface area (Å²) in [5, 5.41) is 3.13. The van der Waals surface area contributed by atoms with E-state index in [9.17, 15) is 4.79 Å². The minimum atomic E-state index is -0.0859. The van der Waals surface area contributed by atoms with Crippen molar-refractivity contribution in [2.75, 3.05) is 39.8 Å². The third kappa shape index (κ3) is 8.68. The highest BCUT2D eigenvalue weighted by atomic mass is 16.5. The van der Waals surface area contributed by atoms with Gasteiger partial charge in [0.15, 0.2) is 0 Å². The summed E-state index contributed by atoms with van der Waals surface area (Å²) in [6, 6.07) is 0. The fourth-order valence-corrected chi connectivity index (χ4v) is 1.61. The average molecular weight is 230 g/mol. The molecule has 0 aromatic rings. The van der Waals surface area contributed by atoms with Gasteiger partial charge in [-0.3, -0.25) is 4.79 Å². The molecule has 0 aliphatic rings. The van der Waals surface area contributed by atoms with E-state index in [2.05, 4.69) is 17.1 Å². The second-order valence-corrected chi connectivity index (χ2v) is 3.85. The van der Waals surface area contributed by atoms with Gasteiger partial charge in [-0.15, -0.1) is 0 Å². The van der Waals surface area contributed by atoms with Crippen LogP contribution in [0.1, 0.15) is 33.1 Å². The van der Waals surface area contributed by atoms with E-state index in [-0.39, 0.29) is 5.97 Å². The Morgan fingerprint density at radius 1 is 1.25 bits per heavy atom. The van der Waals surface area contributed by atoms with Gasteiger partial charge in [0.2, 0.25) is 0 Å². The molecule has 0 amide bonds. The van der Waals surface area contributed by atoms with Crippen LogP contribution in [-0.4, -0.2) is 50.7 Å². The SMILES string of the molecule is CCCN(CCCNC)CCC(=O)OCC. The fourth-order valence-electron chi connectivity index (χ4n) is 1.61. The Hall–Kier alpha value is -0.610. The van der Waals surface area contributed by atoms with E-state index in [0.29, 0.717) is 13.0 Å². The largest absolute Gasteiger partial charge is 0.466 e. The van der Waals surface area contributed by atoms with Gasteiger partial charge in [0.25, 0.3) is 0 Å². The summed E-state index contributed by atoms with van der Waals surface area (Å²) in [5.41, 5.74) is 0. The lowest BCUT2D eigenvalue weighted by atomic mass is 10.3. The molecule has 0 atom stereocenters. The number of carbonyl (C=O) groups excluding carboxylic acids is 1. The summed E-state index contributed by atoms with van der Waals surface area (Å²) in [6.45, 7) is 8.43. The van der Waals surface area contributed by atoms with Crippen molar-refractivity contribution >= 4 is 5.97 Å². The maximum atomic E-state index is 11.2. The Balaban J connectivity index is 3.70. The molecule has 0 radical (unpaired) electrons. The number of nitrogens with zero attached hydrogens (tertiary/aromatic N) is 1. The summed E-state index contributed by atoms with van der Waals surface area (Å²) in [4.78, 5) is 13.5. The molecule has 0 rings (SSSR count). The van der Waals surface area contributed by atoms with Crippen molar-refractivity contribution in [2.24, 2.45) is 0 Å². The zero-order valence-electron chi connectivity index (χ0n) is 10.9. The summed E-state index contributed by atoms with van der Waals surface area (Å²) in [7, 11) is 1.96. The highest BCUT2D eigenvalue weighted by Gasteiger charge is 2.07. The van der Waals surface area contributed by atoms with Crippen LogP contribution in [0.15, 0.2) is 0 Å². The molecular formula is C12H26N2O2. The first-order valence-corrected chi connectivity index (χ1v) is 6.27. The Labute approximate surface area is 99.3 Å². The number of nitrogens with one attached hydrogen (secondary N) is 1. The number of hydrogen-bond donors (Lipinski definition) is 1. The van der Waals surface area contributed by atoms with Crippen LogP contribution in [0.3, 0.4) is 0 Å². The van der Waals surface area contributed by atoms with Gasteiger partial charge in [-0.25, -0.2) is 0 Å². The number of carbonyl (C=O) groups is 1. The molecule has 0 aromatic heterocycles. The van der Waals surface area contributed by atoms with Crippen molar-refractivity contribution in [3.63, 3.8) is 0 Å². The number of hydrogen-bond acceptors (Lipinski definition) is 4. The first-order chi connectivity index (χ1) is 7.74. The zero-order valence-corrected chi connectivity index (χ0v) is 10.9. The van der Waals surface area contributed by atoms with Crippen LogP contribution in [-0.2, 0) is 9.53 Å². The maximum Gasteiger partial charge on any atom is 0.307 e. The highest BCUT2D eigenvalue weighted by molar-refractivity contribution is 5.69. The monoisotopic (exact) mass is 230 g/mol. The van der Waals surface area contributed by atoms with Gasteiger partial charge in [-0.2, -0.15) is 0 Å². The van der Waals surface area contributed by atoms with Crippen LogP contribution in [0.25, 0.3) is 0 Å². The summed E-state index contributed by atoms with van der Waals surface area (Å²) >= 11 is 0. The van der Waals surface area contributed by atoms with E-state index in [4.69, 9.17) is 4.74 Å². The van der Waals surface area contributed by atoms with Gasteiger partial charge in [0.05, 0.1) is 13.0 Å². The molecule has 1 N–H and O–H groups in total. The molecule has 96 valence electrons. The number of rotatable bonds is 10. The summed E-state index contributed by atoms with van der Waals surface area (Å²) < 4.78 is 4.92. The Morgan fingerprint density at radius 2 is 2.00 bits per heavy atom. The Kier molecular flexibility index (Phi) is 10.5. The van der Waals surface area contributed by atoms with E-state index < -0.39 is 0 Å². The number of ether oxygens (including phenoxy) is 1. The molecule has 0 spiro atoms. The predicted octanol–water partition coefficient (Wildman–Crippen LogP) is 1.26. The van der Waals surface area contributed by atoms with E-state index >= 15 is 0 Å². The molecule has 0 saturated heterocycles. The topological polar surface area (TPSA) is 41.6 Å². The van der Waals surface area contributed by atoms with Crippen LogP contribution < -0.4 is 5.32 Å². The molecule has 0 heterocycles. The number of esters is 1. The molecule has 0 unspecified atom stereocenters. The van der Waals surface area contributed by atoms with Gasteiger partial charge < -0.3 is 15.0 Å². The van der Waals surface area contributed by atoms with Crippen LogP contribution >= 0.6 is 0 Å². The van der Waals surface area contributed by atoms with Crippen molar-refractivity contribution in [1.82, 2.24) is 10.2 Å². The van der Waals surface area contributed by atoms with Crippen molar-refractivity contribution in [3.05, 3.63) is 0 Å². The quantitative estimate of drug-likeness (QED) is 0.453. The van der Waals surface area contributed by atoms with Crippen LogP contribution in [0.4, 0.5) is 0 Å². The molecule has 16 heavy (non-hydrogen) atoms. The first-order valence-electron chi connectivity index (χ1n) is 6.27. The second-order valence-electron chi connectivity index (χ2n) is 3.85. The third-order valence-electron chi connectivity index (χ3n) is 2.38. The normalized spacial score (nSPS) is 10.8. The van der Waals surface area contributed by atoms with Gasteiger partial charge in [0, 0.05) is 6.54 Å². The van der Waals surface area contributed by atoms with Gasteiger partial charge >= 0.3 is 5.97 Å². The smallest absolute Gasteiger partial charge is 0.307 e. The van der Waals surface area contributed by atoms with Crippen molar-refractivity contribution in [2.45, 2.75) is 33.1 Å². The summed E-state index contributed by atoms with van der Waals surface area (Å²) in [6.07, 6.45) is 2.76. The molecule has 0 fully saturated rings. The molecular weight excluding hydrogens is 204 g/mol. The summed E-state index contributed by atoms with van der Waals surface area (Å²) in [5.74, 6) is -0.0859. The Bertz CT molecular complexity index is 174. The Morgan fingerprint density at radius 3 is 2.56 bits per heavy atom. The lowest BCUT2D eigenvalue weighted by Gasteiger charge is -2.20. The molecule has 0 aliphatic heterocycles. The van der Waals surface area contributed by atoms with Crippen LogP contribution in [0.5, 0.6) is 0 Å². The molecule has 0 saturated carbocycles. The zero-order chi connectivity index (χ0) is 12.2. The maximum absolute atomic E-state index is 11.2. The first kappa shape index (κ1) is 15.4. The van der Waals surface area contributed by atoms with E-state index in [0.717, 1.165) is 39.0 Å². The molecule has 0 aliphatic carbocycles. The van der Waals surface area contributed by atoms with Gasteiger partial charge in [-0.05, 0) is 46.4 Å². The highest BCUT2D eigenvalue weighted by Crippen LogP contribution is 1.97. The van der Waals surface area contributed by atoms with Crippen LogP contribution in [0, 0.1) is 0 Å². The third-order valence-corrected chi connectivity index (χ3v) is 2.38. The molecule has 0 bridgehead atoms. The molecule has 0 aromatic carbocycles. The van der Waals surface area contributed by atoms with Gasteiger partial charge in [0.1, 0.15) is 0 Å². The van der Waals surface area contributed by atoms with Crippen molar-refractivity contribution in [3.8, 4) is 0 Å². The molecule has 4 nitrogen and oxygen atoms in total. The lowest BCUT2D eigenvalue weighted by Crippen LogP contribution is -2.30. The van der Waals surface area contributed by atoms with Crippen molar-refractivity contribution < 1.29 is 9.53 Å². The minimum absolute atomic E-state index is 0.0859. The molecule has 4 heteroatoms. The lowest BCUT2D eigenvalue weighted by molar-refractivity contribution is -0.143. The van der Waals surface area contributed by atoms with Crippen LogP contribution in [0.2, 0.25) is 0 Å².